The third-order valence-corrected chi connectivity index (χ3v) is 3.59. The van der Waals surface area contributed by atoms with Crippen molar-refractivity contribution in [2.45, 2.75) is 5.92 Å². The molecule has 0 fully saturated rings. The number of hydrogen-bond donors (Lipinski definition) is 1. The van der Waals surface area contributed by atoms with E-state index in [2.05, 4.69) is 15.1 Å². The van der Waals surface area contributed by atoms with Crippen molar-refractivity contribution in [1.29, 1.82) is 0 Å². The predicted octanol–water partition coefficient (Wildman–Crippen LogP) is 2.00. The van der Waals surface area contributed by atoms with Crippen LogP contribution in [0.15, 0.2) is 53.9 Å². The van der Waals surface area contributed by atoms with Crippen LogP contribution in [0.3, 0.4) is 0 Å². The van der Waals surface area contributed by atoms with Gasteiger partial charge >= 0.3 is 5.92 Å². The predicted molar refractivity (Wildman–Crippen MR) is 86.3 cm³/mol. The summed E-state index contributed by atoms with van der Waals surface area (Å²) in [5.41, 5.74) is -1.07. The minimum Gasteiger partial charge on any atom is -0.410 e. The average molecular weight is 329 g/mol. The van der Waals surface area contributed by atoms with E-state index in [4.69, 9.17) is 5.21 Å². The van der Waals surface area contributed by atoms with Crippen molar-refractivity contribution in [3.05, 3.63) is 65.9 Å². The van der Waals surface area contributed by atoms with Crippen LogP contribution in [0.2, 0.25) is 0 Å². The lowest BCUT2D eigenvalue weighted by Gasteiger charge is -2.19. The van der Waals surface area contributed by atoms with Crippen LogP contribution in [0.1, 0.15) is 11.1 Å². The summed E-state index contributed by atoms with van der Waals surface area (Å²) in [6, 6.07) is 8.24. The fourth-order valence-electron chi connectivity index (χ4n) is 2.41. The highest BCUT2D eigenvalue weighted by Crippen LogP contribution is 2.34. The SMILES string of the molecule is Bc1cnc(F)c(/C(=N/O)C(F)(F)c2ccc3ncccc3c2)c1. The number of oxime groups is 1. The quantitative estimate of drug-likeness (QED) is 0.263. The normalized spacial score (nSPS) is 12.5. The van der Waals surface area contributed by atoms with Crippen molar-refractivity contribution < 1.29 is 18.4 Å². The summed E-state index contributed by atoms with van der Waals surface area (Å²) >= 11 is 0. The smallest absolute Gasteiger partial charge is 0.318 e. The second-order valence-electron chi connectivity index (χ2n) is 5.28. The molecule has 2 heterocycles. The number of fused-ring (bicyclic) bond motifs is 1. The van der Waals surface area contributed by atoms with E-state index in [9.17, 15) is 13.2 Å². The molecule has 24 heavy (non-hydrogen) atoms. The van der Waals surface area contributed by atoms with Gasteiger partial charge in [0.15, 0.2) is 5.71 Å². The minimum absolute atomic E-state index is 0.434. The number of alkyl halides is 2. The molecule has 0 atom stereocenters. The van der Waals surface area contributed by atoms with Crippen molar-refractivity contribution in [3.63, 3.8) is 0 Å². The molecule has 0 aliphatic rings. The second-order valence-corrected chi connectivity index (χ2v) is 5.28. The first-order chi connectivity index (χ1) is 11.4. The van der Waals surface area contributed by atoms with E-state index < -0.39 is 28.7 Å². The van der Waals surface area contributed by atoms with Crippen LogP contribution in [-0.2, 0) is 5.92 Å². The molecular formula is C16H11BF3N3O. The van der Waals surface area contributed by atoms with E-state index in [1.54, 1.807) is 26.2 Å². The summed E-state index contributed by atoms with van der Waals surface area (Å²) in [6.07, 6.45) is 2.75. The van der Waals surface area contributed by atoms with Crippen LogP contribution in [0.4, 0.5) is 13.2 Å². The van der Waals surface area contributed by atoms with Gasteiger partial charge in [0.2, 0.25) is 5.95 Å². The minimum atomic E-state index is -3.71. The van der Waals surface area contributed by atoms with Gasteiger partial charge in [0.1, 0.15) is 7.85 Å². The van der Waals surface area contributed by atoms with E-state index in [-0.39, 0.29) is 0 Å². The Balaban J connectivity index is 2.14. The number of hydrogen-bond acceptors (Lipinski definition) is 4. The maximum absolute atomic E-state index is 14.8. The van der Waals surface area contributed by atoms with Gasteiger partial charge in [0, 0.05) is 23.3 Å². The van der Waals surface area contributed by atoms with E-state index >= 15 is 0 Å². The van der Waals surface area contributed by atoms with E-state index in [0.717, 1.165) is 6.07 Å². The lowest BCUT2D eigenvalue weighted by molar-refractivity contribution is 0.0722. The fraction of sp³-hybridized carbons (Fsp3) is 0.0625. The number of halogens is 3. The highest BCUT2D eigenvalue weighted by Gasteiger charge is 2.41. The molecule has 4 nitrogen and oxygen atoms in total. The molecule has 0 spiro atoms. The summed E-state index contributed by atoms with van der Waals surface area (Å²) in [5, 5.41) is 12.3. The molecule has 0 amide bonds. The zero-order valence-corrected chi connectivity index (χ0v) is 12.5. The van der Waals surface area contributed by atoms with Crippen molar-refractivity contribution in [3.8, 4) is 0 Å². The molecule has 2 aromatic heterocycles. The first kappa shape index (κ1) is 16.0. The Bertz CT molecular complexity index is 947. The summed E-state index contributed by atoms with van der Waals surface area (Å²) in [5.74, 6) is -4.84. The molecule has 0 saturated carbocycles. The number of aromatic nitrogens is 2. The molecule has 120 valence electrons. The van der Waals surface area contributed by atoms with Crippen LogP contribution in [0.25, 0.3) is 10.9 Å². The van der Waals surface area contributed by atoms with Gasteiger partial charge in [-0.1, -0.05) is 28.8 Å². The van der Waals surface area contributed by atoms with Crippen LogP contribution in [0, 0.1) is 5.95 Å². The van der Waals surface area contributed by atoms with Crippen molar-refractivity contribution in [1.82, 2.24) is 9.97 Å². The van der Waals surface area contributed by atoms with Gasteiger partial charge in [0.05, 0.1) is 11.1 Å². The molecule has 3 aromatic rings. The average Bonchev–Trinajstić information content (AvgIpc) is 2.58. The number of rotatable bonds is 3. The molecule has 3 rings (SSSR count). The Morgan fingerprint density at radius 1 is 1.17 bits per heavy atom. The van der Waals surface area contributed by atoms with E-state index in [1.165, 1.54) is 24.4 Å². The Morgan fingerprint density at radius 2 is 1.96 bits per heavy atom. The number of pyridine rings is 2. The van der Waals surface area contributed by atoms with Crippen molar-refractivity contribution in [2.24, 2.45) is 5.16 Å². The molecule has 1 N–H and O–H groups in total. The largest absolute Gasteiger partial charge is 0.410 e. The van der Waals surface area contributed by atoms with Crippen molar-refractivity contribution >= 4 is 29.9 Å². The third kappa shape index (κ3) is 2.71. The lowest BCUT2D eigenvalue weighted by Crippen LogP contribution is -2.29. The van der Waals surface area contributed by atoms with E-state index in [1.807, 2.05) is 0 Å². The van der Waals surface area contributed by atoms with Gasteiger partial charge < -0.3 is 5.21 Å². The number of benzene rings is 1. The maximum Gasteiger partial charge on any atom is 0.318 e. The zero-order chi connectivity index (χ0) is 17.3. The summed E-state index contributed by atoms with van der Waals surface area (Å²) in [7, 11) is 1.57. The van der Waals surface area contributed by atoms with E-state index in [0.29, 0.717) is 16.4 Å². The first-order valence-electron chi connectivity index (χ1n) is 7.01. The Hall–Kier alpha value is -2.90. The molecule has 0 unspecified atom stereocenters. The van der Waals surface area contributed by atoms with Crippen LogP contribution in [-0.4, -0.2) is 28.7 Å². The van der Waals surface area contributed by atoms with Gasteiger partial charge in [-0.15, -0.1) is 0 Å². The highest BCUT2D eigenvalue weighted by atomic mass is 19.3. The molecule has 0 bridgehead atoms. The van der Waals surface area contributed by atoms with Gasteiger partial charge in [-0.2, -0.15) is 13.2 Å². The lowest BCUT2D eigenvalue weighted by atomic mass is 9.92. The molecule has 0 radical (unpaired) electrons. The molecule has 8 heteroatoms. The monoisotopic (exact) mass is 329 g/mol. The van der Waals surface area contributed by atoms with Crippen LogP contribution < -0.4 is 5.46 Å². The number of nitrogens with zero attached hydrogens (tertiary/aromatic N) is 3. The zero-order valence-electron chi connectivity index (χ0n) is 12.5. The van der Waals surface area contributed by atoms with Gasteiger partial charge in [-0.25, -0.2) is 4.98 Å². The molecule has 1 aromatic carbocycles. The first-order valence-corrected chi connectivity index (χ1v) is 7.01. The Kier molecular flexibility index (Phi) is 3.96. The third-order valence-electron chi connectivity index (χ3n) is 3.59. The fourth-order valence-corrected chi connectivity index (χ4v) is 2.41. The summed E-state index contributed by atoms with van der Waals surface area (Å²) in [4.78, 5) is 7.46. The topological polar surface area (TPSA) is 58.4 Å². The molecule has 0 saturated heterocycles. The summed E-state index contributed by atoms with van der Waals surface area (Å²) in [6.45, 7) is 0. The molecular weight excluding hydrogens is 318 g/mol. The van der Waals surface area contributed by atoms with Crippen LogP contribution >= 0.6 is 0 Å². The van der Waals surface area contributed by atoms with Crippen molar-refractivity contribution in [2.75, 3.05) is 0 Å². The van der Waals surface area contributed by atoms with Gasteiger partial charge in [-0.3, -0.25) is 4.98 Å². The second kappa shape index (κ2) is 5.95. The highest BCUT2D eigenvalue weighted by molar-refractivity contribution is 6.32. The summed E-state index contributed by atoms with van der Waals surface area (Å²) < 4.78 is 43.5. The van der Waals surface area contributed by atoms with Crippen LogP contribution in [0.5, 0.6) is 0 Å². The Labute approximate surface area is 136 Å². The van der Waals surface area contributed by atoms with Gasteiger partial charge in [0.25, 0.3) is 0 Å². The maximum atomic E-state index is 14.8. The molecule has 0 aliphatic heterocycles. The Morgan fingerprint density at radius 3 is 2.71 bits per heavy atom. The standard InChI is InChI=1S/C16H11BF3N3O/c17-11-7-12(15(18)22-8-11)14(23-24)16(19,20)10-3-4-13-9(6-10)2-1-5-21-13/h1-8,24H,17H2/b23-14-. The molecule has 0 aliphatic carbocycles. The van der Waals surface area contributed by atoms with Gasteiger partial charge in [-0.05, 0) is 18.2 Å².